The summed E-state index contributed by atoms with van der Waals surface area (Å²) >= 11 is 0. The molecule has 0 heterocycles. The second-order valence-corrected chi connectivity index (χ2v) is 17.4. The minimum Gasteiger partial charge on any atom is -0.420 e. The van der Waals surface area contributed by atoms with Crippen molar-refractivity contribution in [2.45, 2.75) is 70.9 Å². The van der Waals surface area contributed by atoms with Gasteiger partial charge in [-0.25, -0.2) is 0 Å². The Kier molecular flexibility index (Phi) is 16.2. The molecule has 0 aromatic rings. The first-order chi connectivity index (χ1) is 12.8. The predicted octanol–water partition coefficient (Wildman–Crippen LogP) is 4.60. The average molecular weight is 422 g/mol. The van der Waals surface area contributed by atoms with Crippen LogP contribution < -0.4 is 0 Å². The van der Waals surface area contributed by atoms with Gasteiger partial charge in [-0.1, -0.05) is 19.8 Å². The van der Waals surface area contributed by atoms with Crippen molar-refractivity contribution < 1.29 is 18.3 Å². The van der Waals surface area contributed by atoms with E-state index >= 15 is 0 Å². The maximum absolute atomic E-state index is 5.80. The molecule has 0 rings (SSSR count). The molecule has 0 saturated carbocycles. The molecule has 0 amide bonds. The zero-order valence-corrected chi connectivity index (χ0v) is 21.3. The molecule has 0 unspecified atom stereocenters. The van der Waals surface area contributed by atoms with E-state index in [1.54, 1.807) is 0 Å². The van der Waals surface area contributed by atoms with Crippen molar-refractivity contribution >= 4 is 16.6 Å². The minimum atomic E-state index is -1.39. The maximum atomic E-state index is 5.80. The van der Waals surface area contributed by atoms with Gasteiger partial charge in [0.2, 0.25) is 0 Å². The van der Waals surface area contributed by atoms with Gasteiger partial charge < -0.3 is 18.3 Å². The standard InChI is InChI=1S/C20H47NO4Si2/c1-8-21(13-17-24-15-9-11-19-26(4,5)22-2)14-18-25-16-10-12-20-27(6,7)23-3/h8-20H2,1-7H3. The van der Waals surface area contributed by atoms with Crippen molar-refractivity contribution in [3.05, 3.63) is 0 Å². The third kappa shape index (κ3) is 16.9. The Labute approximate surface area is 171 Å². The summed E-state index contributed by atoms with van der Waals surface area (Å²) in [5.74, 6) is 0. The monoisotopic (exact) mass is 421 g/mol. The van der Waals surface area contributed by atoms with Crippen LogP contribution in [0.2, 0.25) is 38.3 Å². The summed E-state index contributed by atoms with van der Waals surface area (Å²) in [7, 11) is 0.905. The molecule has 0 aliphatic carbocycles. The number of nitrogens with zero attached hydrogens (tertiary/aromatic N) is 1. The molecule has 7 heteroatoms. The molecule has 0 aromatic carbocycles. The summed E-state index contributed by atoms with van der Waals surface area (Å²) in [4.78, 5) is 2.40. The Balaban J connectivity index is 3.52. The topological polar surface area (TPSA) is 40.2 Å². The second-order valence-electron chi connectivity index (χ2n) is 8.50. The van der Waals surface area contributed by atoms with Crippen LogP contribution in [0.1, 0.15) is 32.6 Å². The lowest BCUT2D eigenvalue weighted by Crippen LogP contribution is -2.31. The molecule has 0 saturated heterocycles. The highest BCUT2D eigenvalue weighted by molar-refractivity contribution is 6.71. The van der Waals surface area contributed by atoms with Crippen molar-refractivity contribution in [1.82, 2.24) is 4.90 Å². The molecule has 0 spiro atoms. The Morgan fingerprint density at radius 2 is 1.04 bits per heavy atom. The molecule has 0 fully saturated rings. The number of unbranched alkanes of at least 4 members (excludes halogenated alkanes) is 2. The molecule has 0 N–H and O–H groups in total. The molecule has 0 bridgehead atoms. The number of rotatable bonds is 19. The number of ether oxygens (including phenoxy) is 2. The van der Waals surface area contributed by atoms with E-state index < -0.39 is 16.6 Å². The van der Waals surface area contributed by atoms with Crippen LogP contribution in [0.4, 0.5) is 0 Å². The molecular weight excluding hydrogens is 374 g/mol. The smallest absolute Gasteiger partial charge is 0.186 e. The van der Waals surface area contributed by atoms with Crippen LogP contribution in [-0.2, 0) is 18.3 Å². The predicted molar refractivity (Wildman–Crippen MR) is 121 cm³/mol. The normalized spacial score (nSPS) is 12.9. The van der Waals surface area contributed by atoms with Crippen molar-refractivity contribution in [2.75, 3.05) is 60.3 Å². The minimum absolute atomic E-state index is 0.815. The van der Waals surface area contributed by atoms with Crippen LogP contribution in [0.5, 0.6) is 0 Å². The molecule has 0 atom stereocenters. The molecule has 0 aliphatic rings. The summed E-state index contributed by atoms with van der Waals surface area (Å²) in [6, 6.07) is 2.44. The second kappa shape index (κ2) is 16.1. The van der Waals surface area contributed by atoms with Gasteiger partial charge >= 0.3 is 0 Å². The number of likely N-dealkylation sites (N-methyl/N-ethyl adjacent to an activating group) is 1. The fourth-order valence-electron chi connectivity index (χ4n) is 2.73. The summed E-state index contributed by atoms with van der Waals surface area (Å²) in [6.45, 7) is 17.7. The van der Waals surface area contributed by atoms with E-state index in [-0.39, 0.29) is 0 Å². The van der Waals surface area contributed by atoms with Gasteiger partial charge in [-0.15, -0.1) is 0 Å². The van der Waals surface area contributed by atoms with Gasteiger partial charge in [0.15, 0.2) is 16.6 Å². The lowest BCUT2D eigenvalue weighted by Gasteiger charge is -2.21. The van der Waals surface area contributed by atoms with E-state index in [2.05, 4.69) is 38.0 Å². The Hall–Kier alpha value is 0.234. The molecule has 27 heavy (non-hydrogen) atoms. The van der Waals surface area contributed by atoms with E-state index in [9.17, 15) is 0 Å². The van der Waals surface area contributed by atoms with Gasteiger partial charge in [0.05, 0.1) is 13.2 Å². The first kappa shape index (κ1) is 27.2. The van der Waals surface area contributed by atoms with Crippen LogP contribution >= 0.6 is 0 Å². The van der Waals surface area contributed by atoms with Crippen molar-refractivity contribution in [3.63, 3.8) is 0 Å². The average Bonchev–Trinajstić information content (AvgIpc) is 2.64. The van der Waals surface area contributed by atoms with Gasteiger partial charge in [0.1, 0.15) is 0 Å². The van der Waals surface area contributed by atoms with Crippen LogP contribution in [0.15, 0.2) is 0 Å². The van der Waals surface area contributed by atoms with Crippen LogP contribution in [-0.4, -0.2) is 81.8 Å². The first-order valence-corrected chi connectivity index (χ1v) is 17.0. The Morgan fingerprint density at radius 1 is 0.630 bits per heavy atom. The first-order valence-electron chi connectivity index (χ1n) is 10.7. The lowest BCUT2D eigenvalue weighted by molar-refractivity contribution is 0.0747. The highest BCUT2D eigenvalue weighted by atomic mass is 28.4. The summed E-state index contributed by atoms with van der Waals surface area (Å²) in [5, 5.41) is 0. The summed E-state index contributed by atoms with van der Waals surface area (Å²) < 4.78 is 22.8. The Morgan fingerprint density at radius 3 is 1.37 bits per heavy atom. The van der Waals surface area contributed by atoms with Gasteiger partial charge in [-0.3, -0.25) is 4.90 Å². The third-order valence-corrected chi connectivity index (χ3v) is 10.6. The van der Waals surface area contributed by atoms with Gasteiger partial charge in [0, 0.05) is 40.5 Å². The van der Waals surface area contributed by atoms with Gasteiger partial charge in [0.25, 0.3) is 0 Å². The van der Waals surface area contributed by atoms with Crippen LogP contribution in [0, 0.1) is 0 Å². The van der Waals surface area contributed by atoms with Crippen LogP contribution in [0.3, 0.4) is 0 Å². The number of hydrogen-bond acceptors (Lipinski definition) is 5. The molecule has 0 radical (unpaired) electrons. The van der Waals surface area contributed by atoms with Crippen LogP contribution in [0.25, 0.3) is 0 Å². The fraction of sp³-hybridized carbons (Fsp3) is 1.00. The van der Waals surface area contributed by atoms with E-state index in [1.165, 1.54) is 24.9 Å². The molecular formula is C20H47NO4Si2. The van der Waals surface area contributed by atoms with E-state index in [0.717, 1.165) is 58.9 Å². The zero-order chi connectivity index (χ0) is 20.6. The molecule has 0 aromatic heterocycles. The van der Waals surface area contributed by atoms with E-state index in [0.29, 0.717) is 0 Å². The summed E-state index contributed by atoms with van der Waals surface area (Å²) in [6.07, 6.45) is 4.69. The molecule has 0 aliphatic heterocycles. The zero-order valence-electron chi connectivity index (χ0n) is 19.3. The third-order valence-electron chi connectivity index (χ3n) is 5.29. The van der Waals surface area contributed by atoms with E-state index in [1.807, 2.05) is 14.2 Å². The SMILES string of the molecule is CCN(CCOCCCC[Si](C)(C)OC)CCOCCCC[Si](C)(C)OC. The molecule has 5 nitrogen and oxygen atoms in total. The highest BCUT2D eigenvalue weighted by Crippen LogP contribution is 2.14. The van der Waals surface area contributed by atoms with Crippen molar-refractivity contribution in [1.29, 1.82) is 0 Å². The van der Waals surface area contributed by atoms with Gasteiger partial charge in [-0.2, -0.15) is 0 Å². The lowest BCUT2D eigenvalue weighted by atomic mass is 10.3. The quantitative estimate of drug-likeness (QED) is 0.225. The Bertz CT molecular complexity index is 314. The van der Waals surface area contributed by atoms with Crippen molar-refractivity contribution in [3.8, 4) is 0 Å². The number of hydrogen-bond donors (Lipinski definition) is 0. The molecule has 164 valence electrons. The van der Waals surface area contributed by atoms with Gasteiger partial charge in [-0.05, 0) is 57.7 Å². The highest BCUT2D eigenvalue weighted by Gasteiger charge is 2.19. The van der Waals surface area contributed by atoms with Crippen molar-refractivity contribution in [2.24, 2.45) is 0 Å². The maximum Gasteiger partial charge on any atom is 0.186 e. The fourth-order valence-corrected chi connectivity index (χ4v) is 5.34. The largest absolute Gasteiger partial charge is 0.420 e. The van der Waals surface area contributed by atoms with E-state index in [4.69, 9.17) is 18.3 Å². The summed E-state index contributed by atoms with van der Waals surface area (Å²) in [5.41, 5.74) is 0.